The van der Waals surface area contributed by atoms with Crippen LogP contribution in [0, 0.1) is 17.8 Å². The number of carbonyl (C=O) groups excluding carboxylic acids is 2. The van der Waals surface area contributed by atoms with Gasteiger partial charge in [-0.15, -0.1) is 16.6 Å². The highest BCUT2D eigenvalue weighted by atomic mass is 19.3. The molecule has 2 aliphatic rings. The van der Waals surface area contributed by atoms with Crippen LogP contribution in [0.3, 0.4) is 0 Å². The number of hydrogen-bond acceptors (Lipinski definition) is 5. The number of terminal acetylenes is 1. The number of furan rings is 1. The van der Waals surface area contributed by atoms with Crippen molar-refractivity contribution in [2.24, 2.45) is 5.41 Å². The number of alkyl halides is 2. The fourth-order valence-corrected chi connectivity index (χ4v) is 5.28. The molecule has 0 spiro atoms. The predicted molar refractivity (Wildman–Crippen MR) is 140 cm³/mol. The van der Waals surface area contributed by atoms with Crippen molar-refractivity contribution in [1.29, 1.82) is 0 Å². The summed E-state index contributed by atoms with van der Waals surface area (Å²) in [6.07, 6.45) is 9.17. The van der Waals surface area contributed by atoms with E-state index in [0.29, 0.717) is 11.0 Å². The van der Waals surface area contributed by atoms with Crippen LogP contribution in [-0.2, 0) is 4.79 Å². The Hall–Kier alpha value is -4.32. The van der Waals surface area contributed by atoms with Gasteiger partial charge in [-0.2, -0.15) is 0 Å². The summed E-state index contributed by atoms with van der Waals surface area (Å²) in [7, 11) is 0. The molecule has 0 aliphatic heterocycles. The maximum atomic E-state index is 14.0. The highest BCUT2D eigenvalue weighted by Gasteiger charge is 2.52. The van der Waals surface area contributed by atoms with Crippen LogP contribution in [0.25, 0.3) is 27.8 Å². The quantitative estimate of drug-likeness (QED) is 0.310. The van der Waals surface area contributed by atoms with Crippen molar-refractivity contribution in [3.8, 4) is 29.2 Å². The molecule has 2 heterocycles. The van der Waals surface area contributed by atoms with E-state index in [-0.39, 0.29) is 30.8 Å². The molecule has 2 aromatic heterocycles. The first-order valence-corrected chi connectivity index (χ1v) is 12.9. The SMILES string of the molecule is C#CC1(CC(=O)C2(NC(=O)c3cc4ccc(-c5ccc(-n6cnnc6)cc5)cc4o3)CCC(F)(F)CC2)CC1. The summed E-state index contributed by atoms with van der Waals surface area (Å²) in [6, 6.07) is 15.0. The lowest BCUT2D eigenvalue weighted by molar-refractivity contribution is -0.131. The molecule has 1 N–H and O–H groups in total. The Kier molecular flexibility index (Phi) is 5.87. The first-order chi connectivity index (χ1) is 18.7. The number of amides is 1. The molecular formula is C30H26F2N4O3. The van der Waals surface area contributed by atoms with E-state index in [2.05, 4.69) is 21.4 Å². The van der Waals surface area contributed by atoms with Gasteiger partial charge in [0, 0.05) is 35.8 Å². The average Bonchev–Trinajstić information content (AvgIpc) is 3.30. The molecule has 39 heavy (non-hydrogen) atoms. The molecule has 2 aromatic carbocycles. The second kappa shape index (κ2) is 9.16. The maximum absolute atomic E-state index is 14.0. The average molecular weight is 529 g/mol. The Morgan fingerprint density at radius 3 is 2.26 bits per heavy atom. The molecule has 198 valence electrons. The summed E-state index contributed by atoms with van der Waals surface area (Å²) in [6.45, 7) is 0. The molecular weight excluding hydrogens is 502 g/mol. The maximum Gasteiger partial charge on any atom is 0.287 e. The van der Waals surface area contributed by atoms with Gasteiger partial charge in [0.15, 0.2) is 11.5 Å². The van der Waals surface area contributed by atoms with Gasteiger partial charge in [0.05, 0.1) is 5.54 Å². The molecule has 6 rings (SSSR count). The Morgan fingerprint density at radius 1 is 0.949 bits per heavy atom. The largest absolute Gasteiger partial charge is 0.451 e. The lowest BCUT2D eigenvalue weighted by Crippen LogP contribution is -2.58. The van der Waals surface area contributed by atoms with Crippen molar-refractivity contribution in [2.45, 2.75) is 56.4 Å². The van der Waals surface area contributed by atoms with Crippen LogP contribution in [0.2, 0.25) is 0 Å². The molecule has 7 nitrogen and oxygen atoms in total. The van der Waals surface area contributed by atoms with Crippen LogP contribution in [0.5, 0.6) is 0 Å². The second-order valence-corrected chi connectivity index (χ2v) is 10.7. The topological polar surface area (TPSA) is 90.0 Å². The third kappa shape index (κ3) is 4.83. The zero-order valence-corrected chi connectivity index (χ0v) is 21.1. The number of halogens is 2. The summed E-state index contributed by atoms with van der Waals surface area (Å²) in [5.74, 6) is -1.04. The van der Waals surface area contributed by atoms with Crippen molar-refractivity contribution in [1.82, 2.24) is 20.1 Å². The minimum Gasteiger partial charge on any atom is -0.451 e. The van der Waals surface area contributed by atoms with E-state index in [1.54, 1.807) is 23.3 Å². The lowest BCUT2D eigenvalue weighted by atomic mass is 9.74. The first kappa shape index (κ1) is 25.0. The number of nitrogens with one attached hydrogen (secondary N) is 1. The first-order valence-electron chi connectivity index (χ1n) is 12.9. The number of carbonyl (C=O) groups is 2. The summed E-state index contributed by atoms with van der Waals surface area (Å²) < 4.78 is 35.7. The number of aromatic nitrogens is 3. The minimum atomic E-state index is -2.86. The Bertz CT molecular complexity index is 1590. The molecule has 0 atom stereocenters. The van der Waals surface area contributed by atoms with E-state index in [1.807, 2.05) is 42.5 Å². The van der Waals surface area contributed by atoms with Crippen LogP contribution in [0.1, 0.15) is 55.5 Å². The summed E-state index contributed by atoms with van der Waals surface area (Å²) in [5, 5.41) is 11.1. The van der Waals surface area contributed by atoms with E-state index in [4.69, 9.17) is 10.8 Å². The van der Waals surface area contributed by atoms with Crippen LogP contribution in [0.15, 0.2) is 65.6 Å². The number of hydrogen-bond donors (Lipinski definition) is 1. The normalized spacial score (nSPS) is 18.8. The lowest BCUT2D eigenvalue weighted by Gasteiger charge is -2.39. The Morgan fingerprint density at radius 2 is 1.62 bits per heavy atom. The standard InChI is InChI=1S/C30H26F2N4O3/c1-2-28(9-10-28)17-26(37)29(11-13-30(31,32)14-12-29)35-27(38)25-16-22-4-3-21(15-24(22)39-25)20-5-7-23(8-6-20)36-18-33-34-19-36/h1,3-8,15-16,18-19H,9-14,17H2,(H,35,38). The van der Waals surface area contributed by atoms with Gasteiger partial charge in [0.25, 0.3) is 5.91 Å². The third-order valence-electron chi connectivity index (χ3n) is 8.04. The zero-order chi connectivity index (χ0) is 27.3. The molecule has 0 unspecified atom stereocenters. The number of Topliss-reactive ketones (excluding diaryl/α,β-unsaturated/α-hetero) is 1. The van der Waals surface area contributed by atoms with Crippen molar-refractivity contribution < 1.29 is 22.8 Å². The number of fused-ring (bicyclic) bond motifs is 1. The summed E-state index contributed by atoms with van der Waals surface area (Å²) in [4.78, 5) is 26.7. The molecule has 0 bridgehead atoms. The van der Waals surface area contributed by atoms with Crippen LogP contribution in [-0.4, -0.2) is 37.9 Å². The molecule has 4 aromatic rings. The molecule has 2 aliphatic carbocycles. The molecule has 9 heteroatoms. The molecule has 0 saturated heterocycles. The van der Waals surface area contributed by atoms with Crippen LogP contribution < -0.4 is 5.32 Å². The third-order valence-corrected chi connectivity index (χ3v) is 8.04. The van der Waals surface area contributed by atoms with E-state index in [1.165, 1.54) is 0 Å². The predicted octanol–water partition coefficient (Wildman–Crippen LogP) is 5.73. The van der Waals surface area contributed by atoms with Gasteiger partial charge in [-0.25, -0.2) is 8.78 Å². The summed E-state index contributed by atoms with van der Waals surface area (Å²) >= 11 is 0. The monoisotopic (exact) mass is 528 g/mol. The van der Waals surface area contributed by atoms with Crippen LogP contribution in [0.4, 0.5) is 8.78 Å². The van der Waals surface area contributed by atoms with Gasteiger partial charge in [-0.1, -0.05) is 30.2 Å². The Labute approximate surface area is 223 Å². The van der Waals surface area contributed by atoms with Gasteiger partial charge >= 0.3 is 0 Å². The van der Waals surface area contributed by atoms with Crippen molar-refractivity contribution in [3.05, 3.63) is 66.9 Å². The van der Waals surface area contributed by atoms with Crippen LogP contribution >= 0.6 is 0 Å². The highest BCUT2D eigenvalue weighted by Crippen LogP contribution is 2.50. The smallest absolute Gasteiger partial charge is 0.287 e. The molecule has 0 radical (unpaired) electrons. The van der Waals surface area contributed by atoms with Gasteiger partial charge in [-0.3, -0.25) is 14.2 Å². The van der Waals surface area contributed by atoms with E-state index in [0.717, 1.165) is 29.7 Å². The molecule has 2 saturated carbocycles. The number of ketones is 1. The van der Waals surface area contributed by atoms with E-state index in [9.17, 15) is 18.4 Å². The minimum absolute atomic E-state index is 0.0210. The van der Waals surface area contributed by atoms with Crippen molar-refractivity contribution >= 4 is 22.7 Å². The molecule has 2 fully saturated rings. The number of benzene rings is 2. The van der Waals surface area contributed by atoms with E-state index >= 15 is 0 Å². The van der Waals surface area contributed by atoms with Gasteiger partial charge in [0.2, 0.25) is 5.92 Å². The van der Waals surface area contributed by atoms with E-state index < -0.39 is 35.6 Å². The molecule has 1 amide bonds. The van der Waals surface area contributed by atoms with Gasteiger partial charge < -0.3 is 9.73 Å². The fourth-order valence-electron chi connectivity index (χ4n) is 5.28. The second-order valence-electron chi connectivity index (χ2n) is 10.7. The number of rotatable bonds is 7. The number of nitrogens with zero attached hydrogens (tertiary/aromatic N) is 3. The zero-order valence-electron chi connectivity index (χ0n) is 21.1. The highest BCUT2D eigenvalue weighted by molar-refractivity contribution is 6.01. The van der Waals surface area contributed by atoms with Crippen molar-refractivity contribution in [3.63, 3.8) is 0 Å². The van der Waals surface area contributed by atoms with Gasteiger partial charge in [-0.05, 0) is 61.1 Å². The van der Waals surface area contributed by atoms with Crippen molar-refractivity contribution in [2.75, 3.05) is 0 Å². The fraction of sp³-hybridized carbons (Fsp3) is 0.333. The summed E-state index contributed by atoms with van der Waals surface area (Å²) in [5.41, 5.74) is 1.36. The van der Waals surface area contributed by atoms with Gasteiger partial charge in [0.1, 0.15) is 18.2 Å². The Balaban J connectivity index is 1.23.